The lowest BCUT2D eigenvalue weighted by Gasteiger charge is -2.49. The van der Waals surface area contributed by atoms with Crippen LogP contribution in [0.25, 0.3) is 6.08 Å². The normalized spacial score (nSPS) is 24.3. The second-order valence-electron chi connectivity index (χ2n) is 7.40. The molecule has 1 saturated heterocycles. The predicted octanol–water partition coefficient (Wildman–Crippen LogP) is 3.87. The molecule has 25 heavy (non-hydrogen) atoms. The van der Waals surface area contributed by atoms with E-state index < -0.39 is 5.66 Å². The summed E-state index contributed by atoms with van der Waals surface area (Å²) in [4.78, 5) is 14.7. The lowest BCUT2D eigenvalue weighted by molar-refractivity contribution is -0.124. The highest BCUT2D eigenvalue weighted by Gasteiger charge is 2.57. The van der Waals surface area contributed by atoms with E-state index in [9.17, 15) is 4.79 Å². The van der Waals surface area contributed by atoms with Crippen molar-refractivity contribution in [3.8, 4) is 0 Å². The van der Waals surface area contributed by atoms with E-state index in [1.165, 1.54) is 16.8 Å². The second kappa shape index (κ2) is 5.51. The van der Waals surface area contributed by atoms with Crippen LogP contribution in [0.3, 0.4) is 0 Å². The van der Waals surface area contributed by atoms with Crippen molar-refractivity contribution >= 4 is 17.7 Å². The zero-order chi connectivity index (χ0) is 17.7. The molecule has 130 valence electrons. The van der Waals surface area contributed by atoms with Gasteiger partial charge in [-0.3, -0.25) is 4.79 Å². The van der Waals surface area contributed by atoms with E-state index in [2.05, 4.69) is 55.3 Å². The quantitative estimate of drug-likeness (QED) is 0.925. The fourth-order valence-electron chi connectivity index (χ4n) is 4.21. The van der Waals surface area contributed by atoms with Crippen molar-refractivity contribution in [2.24, 2.45) is 0 Å². The van der Waals surface area contributed by atoms with E-state index in [0.29, 0.717) is 6.42 Å². The Morgan fingerprint density at radius 1 is 1.32 bits per heavy atom. The van der Waals surface area contributed by atoms with Crippen LogP contribution in [0.2, 0.25) is 0 Å². The molecule has 0 radical (unpaired) electrons. The molecule has 4 heteroatoms. The van der Waals surface area contributed by atoms with Crippen LogP contribution in [0.4, 0.5) is 5.69 Å². The van der Waals surface area contributed by atoms with E-state index in [1.54, 1.807) is 6.26 Å². The molecule has 1 amide bonds. The Kier molecular flexibility index (Phi) is 3.53. The van der Waals surface area contributed by atoms with Gasteiger partial charge in [-0.1, -0.05) is 32.9 Å². The van der Waals surface area contributed by atoms with E-state index in [1.807, 2.05) is 18.2 Å². The number of anilines is 1. The molecule has 1 N–H and O–H groups in total. The highest BCUT2D eigenvalue weighted by Crippen LogP contribution is 2.52. The number of aryl methyl sites for hydroxylation is 1. The monoisotopic (exact) mass is 336 g/mol. The van der Waals surface area contributed by atoms with Crippen molar-refractivity contribution in [2.75, 3.05) is 11.4 Å². The minimum Gasteiger partial charge on any atom is -0.465 e. The molecule has 4 nitrogen and oxygen atoms in total. The number of rotatable bonds is 3. The number of benzene rings is 1. The van der Waals surface area contributed by atoms with Crippen molar-refractivity contribution in [3.05, 3.63) is 59.6 Å². The summed E-state index contributed by atoms with van der Waals surface area (Å²) in [6, 6.07) is 10.5. The molecule has 3 heterocycles. The van der Waals surface area contributed by atoms with E-state index in [4.69, 9.17) is 4.42 Å². The Bertz CT molecular complexity index is 836. The van der Waals surface area contributed by atoms with Crippen LogP contribution in [0.5, 0.6) is 0 Å². The lowest BCUT2D eigenvalue weighted by Crippen LogP contribution is -2.68. The van der Waals surface area contributed by atoms with E-state index in [0.717, 1.165) is 18.7 Å². The molecule has 4 rings (SSSR count). The van der Waals surface area contributed by atoms with Gasteiger partial charge in [0.1, 0.15) is 11.4 Å². The van der Waals surface area contributed by atoms with E-state index in [-0.39, 0.29) is 11.3 Å². The minimum absolute atomic E-state index is 0.0944. The summed E-state index contributed by atoms with van der Waals surface area (Å²) in [6.45, 7) is 7.31. The maximum atomic E-state index is 12.3. The number of nitrogens with one attached hydrogen (secondary N) is 1. The van der Waals surface area contributed by atoms with Gasteiger partial charge in [-0.15, -0.1) is 0 Å². The minimum atomic E-state index is -0.580. The third-order valence-corrected chi connectivity index (χ3v) is 5.74. The first-order valence-corrected chi connectivity index (χ1v) is 8.93. The van der Waals surface area contributed by atoms with Gasteiger partial charge < -0.3 is 14.6 Å². The highest BCUT2D eigenvalue weighted by molar-refractivity contribution is 5.84. The number of fused-ring (bicyclic) bond motifs is 3. The molecule has 1 unspecified atom stereocenters. The summed E-state index contributed by atoms with van der Waals surface area (Å²) < 4.78 is 5.46. The van der Waals surface area contributed by atoms with Crippen molar-refractivity contribution in [1.29, 1.82) is 0 Å². The van der Waals surface area contributed by atoms with Crippen LogP contribution >= 0.6 is 0 Å². The fourth-order valence-corrected chi connectivity index (χ4v) is 4.21. The average molecular weight is 336 g/mol. The molecule has 1 fully saturated rings. The molecule has 2 aromatic rings. The summed E-state index contributed by atoms with van der Waals surface area (Å²) in [6.07, 6.45) is 7.24. The lowest BCUT2D eigenvalue weighted by atomic mass is 9.74. The SMILES string of the molecule is CCc1ccc2c(c1)C(C)(C)C1(C=Cc3ccco3)NC(=O)CCN21. The summed E-state index contributed by atoms with van der Waals surface area (Å²) in [5.41, 5.74) is 2.99. The van der Waals surface area contributed by atoms with Gasteiger partial charge in [0, 0.05) is 24.1 Å². The first-order chi connectivity index (χ1) is 12.0. The number of carbonyl (C=O) groups excluding carboxylic acids is 1. The summed E-state index contributed by atoms with van der Waals surface area (Å²) in [5.74, 6) is 0.882. The van der Waals surface area contributed by atoms with Gasteiger partial charge in [0.15, 0.2) is 0 Å². The fraction of sp³-hybridized carbons (Fsp3) is 0.381. The first-order valence-electron chi connectivity index (χ1n) is 8.93. The third-order valence-electron chi connectivity index (χ3n) is 5.74. The van der Waals surface area contributed by atoms with Crippen LogP contribution in [0.15, 0.2) is 47.1 Å². The predicted molar refractivity (Wildman–Crippen MR) is 99.4 cm³/mol. The molecule has 1 atom stereocenters. The topological polar surface area (TPSA) is 45.5 Å². The van der Waals surface area contributed by atoms with Gasteiger partial charge >= 0.3 is 0 Å². The second-order valence-corrected chi connectivity index (χ2v) is 7.40. The van der Waals surface area contributed by atoms with Gasteiger partial charge in [0.25, 0.3) is 0 Å². The Labute approximate surface area is 148 Å². The van der Waals surface area contributed by atoms with Gasteiger partial charge in [0.2, 0.25) is 5.91 Å². The largest absolute Gasteiger partial charge is 0.465 e. The molecule has 1 aromatic heterocycles. The molecule has 2 aliphatic heterocycles. The Balaban J connectivity index is 1.87. The van der Waals surface area contributed by atoms with Crippen LogP contribution in [0.1, 0.15) is 44.1 Å². The molecular weight excluding hydrogens is 312 g/mol. The Hall–Kier alpha value is -2.49. The molecule has 0 spiro atoms. The van der Waals surface area contributed by atoms with Crippen LogP contribution < -0.4 is 10.2 Å². The molecular formula is C21H24N2O2. The number of carbonyl (C=O) groups is 1. The maximum Gasteiger partial charge on any atom is 0.223 e. The number of nitrogens with zero attached hydrogens (tertiary/aromatic N) is 1. The average Bonchev–Trinajstić information content (AvgIpc) is 3.18. The van der Waals surface area contributed by atoms with Crippen molar-refractivity contribution in [2.45, 2.75) is 44.7 Å². The summed E-state index contributed by atoms with van der Waals surface area (Å²) in [7, 11) is 0. The number of furan rings is 1. The molecule has 2 aliphatic rings. The zero-order valence-corrected chi connectivity index (χ0v) is 15.0. The summed E-state index contributed by atoms with van der Waals surface area (Å²) >= 11 is 0. The van der Waals surface area contributed by atoms with Gasteiger partial charge in [0.05, 0.1) is 6.26 Å². The van der Waals surface area contributed by atoms with Crippen molar-refractivity contribution in [3.63, 3.8) is 0 Å². The molecule has 0 bridgehead atoms. The van der Waals surface area contributed by atoms with Crippen LogP contribution in [0, 0.1) is 0 Å². The van der Waals surface area contributed by atoms with Crippen LogP contribution in [-0.2, 0) is 16.6 Å². The smallest absolute Gasteiger partial charge is 0.223 e. The molecule has 0 aliphatic carbocycles. The summed E-state index contributed by atoms with van der Waals surface area (Å²) in [5, 5.41) is 3.29. The standard InChI is InChI=1S/C21H24N2O2/c1-4-15-7-8-18-17(14-15)20(2,3)21(11-9-16-6-5-13-25-16)22-19(24)10-12-23(18)21/h5-9,11,13-14H,4,10,12H2,1-3H3,(H,22,24). The number of amides is 1. The van der Waals surface area contributed by atoms with E-state index >= 15 is 0 Å². The third kappa shape index (κ3) is 2.24. The zero-order valence-electron chi connectivity index (χ0n) is 15.0. The maximum absolute atomic E-state index is 12.3. The highest BCUT2D eigenvalue weighted by atomic mass is 16.3. The molecule has 0 saturated carbocycles. The first kappa shape index (κ1) is 16.0. The Morgan fingerprint density at radius 2 is 2.16 bits per heavy atom. The number of hydrogen-bond acceptors (Lipinski definition) is 3. The van der Waals surface area contributed by atoms with Gasteiger partial charge in [-0.25, -0.2) is 0 Å². The number of hydrogen-bond donors (Lipinski definition) is 1. The van der Waals surface area contributed by atoms with Crippen LogP contribution in [-0.4, -0.2) is 18.1 Å². The van der Waals surface area contributed by atoms with Gasteiger partial charge in [-0.05, 0) is 47.9 Å². The van der Waals surface area contributed by atoms with Gasteiger partial charge in [-0.2, -0.15) is 0 Å². The van der Waals surface area contributed by atoms with Crippen molar-refractivity contribution < 1.29 is 9.21 Å². The van der Waals surface area contributed by atoms with Crippen molar-refractivity contribution in [1.82, 2.24) is 5.32 Å². The Morgan fingerprint density at radius 3 is 2.88 bits per heavy atom. The molecule has 1 aromatic carbocycles.